The number of pyridine rings is 1. The molecule has 0 saturated carbocycles. The van der Waals surface area contributed by atoms with Crippen molar-refractivity contribution >= 4 is 39.9 Å². The van der Waals surface area contributed by atoms with Crippen LogP contribution in [-0.2, 0) is 0 Å². The number of ether oxygens (including phenoxy) is 1. The molecule has 0 bridgehead atoms. The van der Waals surface area contributed by atoms with E-state index in [-0.39, 0.29) is 0 Å². The van der Waals surface area contributed by atoms with Gasteiger partial charge in [0.25, 0.3) is 0 Å². The van der Waals surface area contributed by atoms with Gasteiger partial charge in [-0.2, -0.15) is 0 Å². The molecule has 0 fully saturated rings. The van der Waals surface area contributed by atoms with E-state index in [1.807, 2.05) is 54.6 Å². The predicted octanol–water partition coefficient (Wildman–Crippen LogP) is 4.51. The molecular formula is C20H17N5OS. The van der Waals surface area contributed by atoms with Gasteiger partial charge in [0.2, 0.25) is 0 Å². The number of hydrogen-bond acceptors (Lipinski definition) is 7. The van der Waals surface area contributed by atoms with Crippen LogP contribution in [0.1, 0.15) is 0 Å². The summed E-state index contributed by atoms with van der Waals surface area (Å²) in [5.41, 5.74) is 8.61. The summed E-state index contributed by atoms with van der Waals surface area (Å²) in [5, 5.41) is 4.98. The summed E-state index contributed by atoms with van der Waals surface area (Å²) in [7, 11) is 1.64. The highest BCUT2D eigenvalue weighted by atomic mass is 32.2. The number of aromatic nitrogens is 3. The average molecular weight is 375 g/mol. The largest absolute Gasteiger partial charge is 0.497 e. The number of fused-ring (bicyclic) bond motifs is 1. The second-order valence-electron chi connectivity index (χ2n) is 5.73. The van der Waals surface area contributed by atoms with Crippen LogP contribution < -0.4 is 15.8 Å². The first-order valence-electron chi connectivity index (χ1n) is 8.28. The zero-order valence-electron chi connectivity index (χ0n) is 14.6. The highest BCUT2D eigenvalue weighted by Gasteiger charge is 2.12. The Hall–Kier alpha value is -3.32. The monoisotopic (exact) mass is 375 g/mol. The van der Waals surface area contributed by atoms with Crippen LogP contribution in [0.15, 0.2) is 77.0 Å². The van der Waals surface area contributed by atoms with Gasteiger partial charge in [0.15, 0.2) is 5.82 Å². The van der Waals surface area contributed by atoms with E-state index in [1.165, 1.54) is 18.1 Å². The summed E-state index contributed by atoms with van der Waals surface area (Å²) in [6, 6.07) is 17.6. The summed E-state index contributed by atoms with van der Waals surface area (Å²) < 4.78 is 5.18. The van der Waals surface area contributed by atoms with Crippen molar-refractivity contribution in [1.82, 2.24) is 15.0 Å². The molecule has 3 N–H and O–H groups in total. The first-order chi connectivity index (χ1) is 13.2. The number of hydrogen-bond donors (Lipinski definition) is 2. The minimum absolute atomic E-state index is 0.492. The summed E-state index contributed by atoms with van der Waals surface area (Å²) in [6.07, 6.45) is 3.29. The maximum Gasteiger partial charge on any atom is 0.158 e. The number of nitrogens with zero attached hydrogens (tertiary/aromatic N) is 3. The predicted molar refractivity (Wildman–Crippen MR) is 109 cm³/mol. The summed E-state index contributed by atoms with van der Waals surface area (Å²) in [5.74, 6) is 1.35. The van der Waals surface area contributed by atoms with Crippen LogP contribution in [-0.4, -0.2) is 22.1 Å². The number of nitrogens with two attached hydrogens (primary N) is 1. The van der Waals surface area contributed by atoms with Crippen molar-refractivity contribution in [3.8, 4) is 5.75 Å². The van der Waals surface area contributed by atoms with Crippen LogP contribution in [0.5, 0.6) is 5.75 Å². The van der Waals surface area contributed by atoms with E-state index in [9.17, 15) is 0 Å². The number of anilines is 3. The third-order valence-corrected chi connectivity index (χ3v) is 5.07. The van der Waals surface area contributed by atoms with Gasteiger partial charge in [0, 0.05) is 22.2 Å². The smallest absolute Gasteiger partial charge is 0.158 e. The molecule has 4 aromatic rings. The van der Waals surface area contributed by atoms with Gasteiger partial charge in [0.1, 0.15) is 22.8 Å². The van der Waals surface area contributed by atoms with Crippen LogP contribution >= 0.6 is 11.8 Å². The SMILES string of the molecule is COc1ccc(Nc2ncnc(Sc3cccc4cccnc34)c2N)cc1. The molecule has 2 aromatic carbocycles. The van der Waals surface area contributed by atoms with Crippen molar-refractivity contribution in [3.05, 3.63) is 67.1 Å². The molecule has 0 unspecified atom stereocenters. The molecule has 0 spiro atoms. The van der Waals surface area contributed by atoms with Crippen LogP contribution in [0.3, 0.4) is 0 Å². The summed E-state index contributed by atoms with van der Waals surface area (Å²) in [6.45, 7) is 0. The molecule has 0 aliphatic carbocycles. The lowest BCUT2D eigenvalue weighted by molar-refractivity contribution is 0.415. The molecule has 6 nitrogen and oxygen atoms in total. The van der Waals surface area contributed by atoms with Gasteiger partial charge in [-0.05, 0) is 36.4 Å². The molecule has 134 valence electrons. The average Bonchev–Trinajstić information content (AvgIpc) is 2.72. The van der Waals surface area contributed by atoms with Gasteiger partial charge in [0.05, 0.1) is 12.6 Å². The molecule has 4 rings (SSSR count). The summed E-state index contributed by atoms with van der Waals surface area (Å²) >= 11 is 1.48. The first kappa shape index (κ1) is 17.1. The normalized spacial score (nSPS) is 10.7. The molecule has 0 aliphatic heterocycles. The van der Waals surface area contributed by atoms with Gasteiger partial charge < -0.3 is 15.8 Å². The van der Waals surface area contributed by atoms with E-state index in [4.69, 9.17) is 10.5 Å². The lowest BCUT2D eigenvalue weighted by Crippen LogP contribution is -2.02. The Kier molecular flexibility index (Phi) is 4.76. The molecule has 0 radical (unpaired) electrons. The van der Waals surface area contributed by atoms with Gasteiger partial charge in [-0.15, -0.1) is 0 Å². The molecule has 2 aromatic heterocycles. The van der Waals surface area contributed by atoms with Crippen molar-refractivity contribution in [2.75, 3.05) is 18.2 Å². The van der Waals surface area contributed by atoms with E-state index in [2.05, 4.69) is 20.3 Å². The molecular weight excluding hydrogens is 358 g/mol. The van der Waals surface area contributed by atoms with Crippen molar-refractivity contribution in [2.24, 2.45) is 0 Å². The van der Waals surface area contributed by atoms with Crippen molar-refractivity contribution < 1.29 is 4.74 Å². The number of para-hydroxylation sites is 1. The van der Waals surface area contributed by atoms with Crippen molar-refractivity contribution in [3.63, 3.8) is 0 Å². The molecule has 0 saturated heterocycles. The first-order valence-corrected chi connectivity index (χ1v) is 9.09. The number of rotatable bonds is 5. The Morgan fingerprint density at radius 1 is 0.963 bits per heavy atom. The zero-order valence-corrected chi connectivity index (χ0v) is 15.4. The number of nitrogens with one attached hydrogen (secondary N) is 1. The van der Waals surface area contributed by atoms with Gasteiger partial charge in [-0.3, -0.25) is 4.98 Å². The minimum atomic E-state index is 0.492. The fourth-order valence-corrected chi connectivity index (χ4v) is 3.56. The third kappa shape index (κ3) is 3.63. The Labute approximate surface area is 160 Å². The minimum Gasteiger partial charge on any atom is -0.497 e. The second-order valence-corrected chi connectivity index (χ2v) is 6.76. The quantitative estimate of drug-likeness (QED) is 0.496. The molecule has 2 heterocycles. The molecule has 0 aliphatic rings. The number of benzene rings is 2. The zero-order chi connectivity index (χ0) is 18.6. The molecule has 7 heteroatoms. The van der Waals surface area contributed by atoms with Gasteiger partial charge >= 0.3 is 0 Å². The molecule has 27 heavy (non-hydrogen) atoms. The standard InChI is InChI=1S/C20H17N5OS/c1-26-15-9-7-14(8-10-15)25-19-17(21)20(24-12-23-19)27-16-6-2-4-13-5-3-11-22-18(13)16/h2-12H,21H2,1H3,(H,23,24,25). The number of methoxy groups -OCH3 is 1. The van der Waals surface area contributed by atoms with E-state index in [0.717, 1.165) is 27.2 Å². The fraction of sp³-hybridized carbons (Fsp3) is 0.0500. The van der Waals surface area contributed by atoms with Crippen LogP contribution in [0.2, 0.25) is 0 Å². The van der Waals surface area contributed by atoms with Crippen LogP contribution in [0, 0.1) is 0 Å². The maximum atomic E-state index is 6.33. The topological polar surface area (TPSA) is 86.0 Å². The molecule has 0 amide bonds. The Morgan fingerprint density at radius 2 is 1.78 bits per heavy atom. The Balaban J connectivity index is 1.63. The lowest BCUT2D eigenvalue weighted by atomic mass is 10.2. The van der Waals surface area contributed by atoms with Gasteiger partial charge in [-0.1, -0.05) is 30.0 Å². The Bertz CT molecular complexity index is 1080. The van der Waals surface area contributed by atoms with E-state index in [1.54, 1.807) is 13.3 Å². The highest BCUT2D eigenvalue weighted by molar-refractivity contribution is 7.99. The van der Waals surface area contributed by atoms with Gasteiger partial charge in [-0.25, -0.2) is 9.97 Å². The van der Waals surface area contributed by atoms with Crippen LogP contribution in [0.25, 0.3) is 10.9 Å². The summed E-state index contributed by atoms with van der Waals surface area (Å²) in [4.78, 5) is 14.1. The molecule has 0 atom stereocenters. The lowest BCUT2D eigenvalue weighted by Gasteiger charge is -2.12. The fourth-order valence-electron chi connectivity index (χ4n) is 2.63. The van der Waals surface area contributed by atoms with Crippen molar-refractivity contribution in [2.45, 2.75) is 9.92 Å². The van der Waals surface area contributed by atoms with Crippen LogP contribution in [0.4, 0.5) is 17.2 Å². The van der Waals surface area contributed by atoms with Crippen molar-refractivity contribution in [1.29, 1.82) is 0 Å². The van der Waals surface area contributed by atoms with E-state index < -0.39 is 0 Å². The van der Waals surface area contributed by atoms with E-state index >= 15 is 0 Å². The highest BCUT2D eigenvalue weighted by Crippen LogP contribution is 2.36. The maximum absolute atomic E-state index is 6.33. The third-order valence-electron chi connectivity index (χ3n) is 4.00. The Morgan fingerprint density at radius 3 is 2.59 bits per heavy atom. The van der Waals surface area contributed by atoms with E-state index in [0.29, 0.717) is 16.5 Å². The second kappa shape index (κ2) is 7.51. The number of nitrogen functional groups attached to an aromatic ring is 1.